The smallest absolute Gasteiger partial charge is 0.305 e. The lowest BCUT2D eigenvalue weighted by molar-refractivity contribution is -0.145. The van der Waals surface area contributed by atoms with E-state index in [0.717, 1.165) is 0 Å². The second-order valence-corrected chi connectivity index (χ2v) is 2.65. The molecule has 0 rings (SSSR count). The molecular formula is C9H18O5. The molecule has 84 valence electrons. The normalized spacial score (nSPS) is 10.1. The monoisotopic (exact) mass is 206 g/mol. The van der Waals surface area contributed by atoms with Crippen LogP contribution in [-0.2, 0) is 19.0 Å². The predicted molar refractivity (Wildman–Crippen MR) is 50.0 cm³/mol. The van der Waals surface area contributed by atoms with Crippen molar-refractivity contribution in [3.8, 4) is 0 Å². The maximum Gasteiger partial charge on any atom is 0.305 e. The van der Waals surface area contributed by atoms with E-state index in [9.17, 15) is 4.79 Å². The quantitative estimate of drug-likeness (QED) is 0.424. The van der Waals surface area contributed by atoms with Gasteiger partial charge in [0.05, 0.1) is 19.8 Å². The van der Waals surface area contributed by atoms with Crippen molar-refractivity contribution in [3.05, 3.63) is 0 Å². The highest BCUT2D eigenvalue weighted by Gasteiger charge is 2.01. The average Bonchev–Trinajstić information content (AvgIpc) is 2.18. The highest BCUT2D eigenvalue weighted by molar-refractivity contribution is 5.69. The molecule has 0 spiro atoms. The van der Waals surface area contributed by atoms with Crippen LogP contribution in [0.3, 0.4) is 0 Å². The zero-order valence-electron chi connectivity index (χ0n) is 8.53. The molecule has 0 amide bonds. The average molecular weight is 206 g/mol. The molecule has 0 radical (unpaired) electrons. The van der Waals surface area contributed by atoms with Crippen LogP contribution in [0.5, 0.6) is 0 Å². The molecule has 0 aliphatic heterocycles. The Hall–Kier alpha value is -0.650. The summed E-state index contributed by atoms with van der Waals surface area (Å²) in [6.07, 6.45) is 1.04. The Morgan fingerprint density at radius 3 is 2.64 bits per heavy atom. The van der Waals surface area contributed by atoms with Crippen LogP contribution in [0.1, 0.15) is 12.8 Å². The molecule has 14 heavy (non-hydrogen) atoms. The van der Waals surface area contributed by atoms with Crippen LogP contribution in [0.25, 0.3) is 0 Å². The number of aliphatic hydroxyl groups is 1. The Balaban J connectivity index is 3.10. The van der Waals surface area contributed by atoms with Crippen molar-refractivity contribution < 1.29 is 24.1 Å². The van der Waals surface area contributed by atoms with Crippen LogP contribution < -0.4 is 0 Å². The molecule has 1 N–H and O–H groups in total. The Morgan fingerprint density at radius 2 is 2.00 bits per heavy atom. The van der Waals surface area contributed by atoms with Gasteiger partial charge in [0.25, 0.3) is 0 Å². The lowest BCUT2D eigenvalue weighted by Crippen LogP contribution is -2.12. The third kappa shape index (κ3) is 9.44. The van der Waals surface area contributed by atoms with Gasteiger partial charge in [-0.2, -0.15) is 0 Å². The van der Waals surface area contributed by atoms with Gasteiger partial charge in [-0.25, -0.2) is 0 Å². The van der Waals surface area contributed by atoms with Crippen molar-refractivity contribution in [1.29, 1.82) is 0 Å². The fourth-order valence-electron chi connectivity index (χ4n) is 0.814. The van der Waals surface area contributed by atoms with Crippen LogP contribution in [0.2, 0.25) is 0 Å². The second kappa shape index (κ2) is 10.4. The first-order chi connectivity index (χ1) is 6.81. The van der Waals surface area contributed by atoms with Gasteiger partial charge in [-0.15, -0.1) is 0 Å². The summed E-state index contributed by atoms with van der Waals surface area (Å²) in [6.45, 7) is 1.40. The predicted octanol–water partition coefficient (Wildman–Crippen LogP) is -0.0349. The Bertz CT molecular complexity index is 137. The maximum atomic E-state index is 11.0. The van der Waals surface area contributed by atoms with E-state index in [1.807, 2.05) is 0 Å². The van der Waals surface area contributed by atoms with Gasteiger partial charge in [-0.1, -0.05) is 0 Å². The number of carbonyl (C=O) groups excluding carboxylic acids is 1. The van der Waals surface area contributed by atoms with Gasteiger partial charge in [0.1, 0.15) is 6.61 Å². The van der Waals surface area contributed by atoms with E-state index < -0.39 is 0 Å². The Kier molecular flexibility index (Phi) is 9.95. The van der Waals surface area contributed by atoms with E-state index in [0.29, 0.717) is 26.1 Å². The SMILES string of the molecule is COCCCC(=O)OCCOCCO. The number of carbonyl (C=O) groups is 1. The first-order valence-electron chi connectivity index (χ1n) is 4.64. The van der Waals surface area contributed by atoms with Crippen molar-refractivity contribution in [3.63, 3.8) is 0 Å². The van der Waals surface area contributed by atoms with Crippen molar-refractivity contribution in [1.82, 2.24) is 0 Å². The van der Waals surface area contributed by atoms with Crippen LogP contribution >= 0.6 is 0 Å². The van der Waals surface area contributed by atoms with Crippen molar-refractivity contribution in [2.75, 3.05) is 40.1 Å². The van der Waals surface area contributed by atoms with Gasteiger partial charge in [0.15, 0.2) is 0 Å². The molecule has 0 atom stereocenters. The highest BCUT2D eigenvalue weighted by Crippen LogP contribution is 1.93. The number of aliphatic hydroxyl groups excluding tert-OH is 1. The number of esters is 1. The van der Waals surface area contributed by atoms with Crippen LogP contribution in [-0.4, -0.2) is 51.2 Å². The molecule has 0 aliphatic rings. The minimum absolute atomic E-state index is 0.0121. The Labute approximate surface area is 84.0 Å². The number of rotatable bonds is 9. The first kappa shape index (κ1) is 13.4. The molecule has 0 aromatic rings. The molecule has 0 bridgehead atoms. The summed E-state index contributed by atoms with van der Waals surface area (Å²) in [7, 11) is 1.59. The number of methoxy groups -OCH3 is 1. The van der Waals surface area contributed by atoms with Crippen LogP contribution in [0, 0.1) is 0 Å². The lowest BCUT2D eigenvalue weighted by atomic mass is 10.3. The minimum atomic E-state index is -0.241. The van der Waals surface area contributed by atoms with E-state index in [-0.39, 0.29) is 25.8 Å². The molecule has 5 heteroatoms. The summed E-state index contributed by atoms with van der Waals surface area (Å²) in [5.74, 6) is -0.241. The Morgan fingerprint density at radius 1 is 1.21 bits per heavy atom. The van der Waals surface area contributed by atoms with Gasteiger partial charge in [-0.05, 0) is 6.42 Å². The van der Waals surface area contributed by atoms with Crippen molar-refractivity contribution >= 4 is 5.97 Å². The molecule has 0 fully saturated rings. The summed E-state index contributed by atoms with van der Waals surface area (Å²) in [5, 5.41) is 8.37. The zero-order chi connectivity index (χ0) is 10.6. The van der Waals surface area contributed by atoms with E-state index in [1.165, 1.54) is 0 Å². The number of ether oxygens (including phenoxy) is 3. The molecule has 0 aromatic heterocycles. The minimum Gasteiger partial charge on any atom is -0.463 e. The standard InChI is InChI=1S/C9H18O5/c1-12-5-2-3-9(11)14-8-7-13-6-4-10/h10H,2-8H2,1H3. The summed E-state index contributed by atoms with van der Waals surface area (Å²) in [4.78, 5) is 11.0. The van der Waals surface area contributed by atoms with Gasteiger partial charge < -0.3 is 19.3 Å². The molecular weight excluding hydrogens is 188 g/mol. The largest absolute Gasteiger partial charge is 0.463 e. The van der Waals surface area contributed by atoms with E-state index >= 15 is 0 Å². The summed E-state index contributed by atoms with van der Waals surface area (Å²) in [5.41, 5.74) is 0. The third-order valence-electron chi connectivity index (χ3n) is 1.46. The van der Waals surface area contributed by atoms with E-state index in [4.69, 9.17) is 19.3 Å². The molecule has 0 aliphatic carbocycles. The van der Waals surface area contributed by atoms with E-state index in [2.05, 4.69) is 0 Å². The molecule has 5 nitrogen and oxygen atoms in total. The summed E-state index contributed by atoms with van der Waals surface area (Å²) < 4.78 is 14.5. The van der Waals surface area contributed by atoms with Gasteiger partial charge in [0, 0.05) is 20.1 Å². The topological polar surface area (TPSA) is 65.0 Å². The third-order valence-corrected chi connectivity index (χ3v) is 1.46. The molecule has 0 heterocycles. The molecule has 0 aromatic carbocycles. The maximum absolute atomic E-state index is 11.0. The van der Waals surface area contributed by atoms with Crippen molar-refractivity contribution in [2.24, 2.45) is 0 Å². The van der Waals surface area contributed by atoms with Crippen LogP contribution in [0.4, 0.5) is 0 Å². The zero-order valence-corrected chi connectivity index (χ0v) is 8.53. The van der Waals surface area contributed by atoms with Gasteiger partial charge >= 0.3 is 5.97 Å². The summed E-state index contributed by atoms with van der Waals surface area (Å²) in [6, 6.07) is 0. The van der Waals surface area contributed by atoms with Crippen molar-refractivity contribution in [2.45, 2.75) is 12.8 Å². The highest BCUT2D eigenvalue weighted by atomic mass is 16.6. The molecule has 0 unspecified atom stereocenters. The second-order valence-electron chi connectivity index (χ2n) is 2.65. The number of hydrogen-bond donors (Lipinski definition) is 1. The van der Waals surface area contributed by atoms with E-state index in [1.54, 1.807) is 7.11 Å². The lowest BCUT2D eigenvalue weighted by Gasteiger charge is -2.04. The summed E-state index contributed by atoms with van der Waals surface area (Å²) >= 11 is 0. The van der Waals surface area contributed by atoms with Crippen LogP contribution in [0.15, 0.2) is 0 Å². The number of hydrogen-bond acceptors (Lipinski definition) is 5. The fourth-order valence-corrected chi connectivity index (χ4v) is 0.814. The molecule has 0 saturated carbocycles. The fraction of sp³-hybridized carbons (Fsp3) is 0.889. The molecule has 0 saturated heterocycles. The first-order valence-corrected chi connectivity index (χ1v) is 4.64. The van der Waals surface area contributed by atoms with Gasteiger partial charge in [0.2, 0.25) is 0 Å². The van der Waals surface area contributed by atoms with Gasteiger partial charge in [-0.3, -0.25) is 4.79 Å².